The lowest BCUT2D eigenvalue weighted by Gasteiger charge is -2.10. The number of nitro groups is 1. The molecule has 2 heterocycles. The van der Waals surface area contributed by atoms with E-state index in [4.69, 9.17) is 0 Å². The monoisotopic (exact) mass is 336 g/mol. The molecule has 0 amide bonds. The van der Waals surface area contributed by atoms with Crippen molar-refractivity contribution in [2.24, 2.45) is 0 Å². The summed E-state index contributed by atoms with van der Waals surface area (Å²) in [5, 5.41) is 17.0. The lowest BCUT2D eigenvalue weighted by Crippen LogP contribution is -2.05. The van der Waals surface area contributed by atoms with Crippen LogP contribution in [0.4, 0.5) is 23.1 Å². The first kappa shape index (κ1) is 16.3. The van der Waals surface area contributed by atoms with Gasteiger partial charge in [0.2, 0.25) is 5.95 Å². The Morgan fingerprint density at radius 1 is 1.16 bits per heavy atom. The first-order valence-corrected chi connectivity index (χ1v) is 7.70. The number of anilines is 3. The Kier molecular flexibility index (Phi) is 4.79. The zero-order valence-corrected chi connectivity index (χ0v) is 13.5. The fourth-order valence-electron chi connectivity index (χ4n) is 2.22. The molecule has 3 aromatic rings. The van der Waals surface area contributed by atoms with E-state index in [0.717, 1.165) is 11.3 Å². The smallest absolute Gasteiger partial charge is 0.269 e. The van der Waals surface area contributed by atoms with Gasteiger partial charge in [0.25, 0.3) is 5.69 Å². The number of pyridine rings is 1. The second kappa shape index (κ2) is 7.35. The third-order valence-electron chi connectivity index (χ3n) is 3.37. The minimum Gasteiger partial charge on any atom is -0.354 e. The van der Waals surface area contributed by atoms with Gasteiger partial charge in [-0.25, -0.2) is 4.98 Å². The average molecular weight is 336 g/mol. The fraction of sp³-hybridized carbons (Fsp3) is 0.118. The van der Waals surface area contributed by atoms with Gasteiger partial charge in [0.05, 0.1) is 10.6 Å². The molecule has 0 spiro atoms. The van der Waals surface area contributed by atoms with Gasteiger partial charge in [-0.15, -0.1) is 0 Å². The van der Waals surface area contributed by atoms with Crippen LogP contribution in [0.5, 0.6) is 0 Å². The van der Waals surface area contributed by atoms with E-state index in [-0.39, 0.29) is 5.69 Å². The van der Waals surface area contributed by atoms with Crippen molar-refractivity contribution >= 4 is 23.1 Å². The molecule has 0 aliphatic carbocycles. The molecule has 0 unspecified atom stereocenters. The topological polar surface area (TPSA) is 106 Å². The zero-order chi connectivity index (χ0) is 17.6. The zero-order valence-electron chi connectivity index (χ0n) is 13.5. The molecule has 0 fully saturated rings. The number of nitrogens with zero attached hydrogens (tertiary/aromatic N) is 4. The number of benzene rings is 1. The Bertz CT molecular complexity index is 868. The molecule has 0 radical (unpaired) electrons. The van der Waals surface area contributed by atoms with Crippen LogP contribution in [-0.4, -0.2) is 26.4 Å². The summed E-state index contributed by atoms with van der Waals surface area (Å²) in [6.45, 7) is 2.65. The van der Waals surface area contributed by atoms with Crippen molar-refractivity contribution in [2.75, 3.05) is 17.2 Å². The summed E-state index contributed by atoms with van der Waals surface area (Å²) >= 11 is 0. The molecule has 0 saturated heterocycles. The van der Waals surface area contributed by atoms with E-state index in [1.54, 1.807) is 30.6 Å². The van der Waals surface area contributed by atoms with Crippen molar-refractivity contribution in [3.05, 3.63) is 65.0 Å². The molecule has 3 rings (SSSR count). The highest BCUT2D eigenvalue weighted by Crippen LogP contribution is 2.24. The Morgan fingerprint density at radius 2 is 1.96 bits per heavy atom. The Labute approximate surface area is 144 Å². The minimum atomic E-state index is -0.432. The van der Waals surface area contributed by atoms with Gasteiger partial charge in [-0.3, -0.25) is 15.1 Å². The van der Waals surface area contributed by atoms with E-state index >= 15 is 0 Å². The van der Waals surface area contributed by atoms with Crippen molar-refractivity contribution in [3.8, 4) is 11.3 Å². The molecule has 0 bridgehead atoms. The molecule has 25 heavy (non-hydrogen) atoms. The number of rotatable bonds is 6. The van der Waals surface area contributed by atoms with Crippen LogP contribution >= 0.6 is 0 Å². The molecular formula is C17H16N6O2. The van der Waals surface area contributed by atoms with Gasteiger partial charge < -0.3 is 10.6 Å². The fourth-order valence-corrected chi connectivity index (χ4v) is 2.22. The quantitative estimate of drug-likeness (QED) is 0.523. The molecule has 8 nitrogen and oxygen atoms in total. The number of hydrogen-bond donors (Lipinski definition) is 2. The van der Waals surface area contributed by atoms with Gasteiger partial charge in [-0.05, 0) is 31.2 Å². The van der Waals surface area contributed by atoms with Crippen molar-refractivity contribution in [2.45, 2.75) is 6.92 Å². The maximum absolute atomic E-state index is 10.7. The summed E-state index contributed by atoms with van der Waals surface area (Å²) < 4.78 is 0. The molecule has 2 aromatic heterocycles. The average Bonchev–Trinajstić information content (AvgIpc) is 2.63. The normalized spacial score (nSPS) is 10.3. The number of non-ortho nitro benzene ring substituents is 1. The van der Waals surface area contributed by atoms with Crippen molar-refractivity contribution in [1.82, 2.24) is 15.0 Å². The van der Waals surface area contributed by atoms with E-state index in [0.29, 0.717) is 24.0 Å². The molecular weight excluding hydrogens is 320 g/mol. The molecule has 2 N–H and O–H groups in total. The summed E-state index contributed by atoms with van der Waals surface area (Å²) in [6.07, 6.45) is 3.43. The summed E-state index contributed by atoms with van der Waals surface area (Å²) in [6, 6.07) is 11.7. The van der Waals surface area contributed by atoms with Crippen LogP contribution in [0.3, 0.4) is 0 Å². The van der Waals surface area contributed by atoms with Crippen LogP contribution in [0.15, 0.2) is 54.9 Å². The van der Waals surface area contributed by atoms with Crippen molar-refractivity contribution in [1.29, 1.82) is 0 Å². The highest BCUT2D eigenvalue weighted by atomic mass is 16.6. The first-order chi connectivity index (χ1) is 12.2. The SMILES string of the molecule is CCNc1nc(Nc2ccc([N+](=O)[O-])cc2)cc(-c2cccnc2)n1. The summed E-state index contributed by atoms with van der Waals surface area (Å²) in [4.78, 5) is 23.3. The van der Waals surface area contributed by atoms with Gasteiger partial charge in [0.15, 0.2) is 0 Å². The summed E-state index contributed by atoms with van der Waals surface area (Å²) in [7, 11) is 0. The highest BCUT2D eigenvalue weighted by molar-refractivity contribution is 5.67. The first-order valence-electron chi connectivity index (χ1n) is 7.70. The molecule has 0 aliphatic heterocycles. The van der Waals surface area contributed by atoms with E-state index in [2.05, 4.69) is 25.6 Å². The summed E-state index contributed by atoms with van der Waals surface area (Å²) in [5.41, 5.74) is 2.33. The third kappa shape index (κ3) is 4.05. The maximum atomic E-state index is 10.7. The van der Waals surface area contributed by atoms with Gasteiger partial charge in [-0.1, -0.05) is 0 Å². The lowest BCUT2D eigenvalue weighted by atomic mass is 10.2. The van der Waals surface area contributed by atoms with Crippen LogP contribution in [0.25, 0.3) is 11.3 Å². The number of aromatic nitrogens is 3. The van der Waals surface area contributed by atoms with Crippen molar-refractivity contribution < 1.29 is 4.92 Å². The molecule has 1 aromatic carbocycles. The standard InChI is InChI=1S/C17H16N6O2/c1-2-19-17-21-15(12-4-3-9-18-11-12)10-16(22-17)20-13-5-7-14(8-6-13)23(24)25/h3-11H,2H2,1H3,(H2,19,20,21,22). The second-order valence-corrected chi connectivity index (χ2v) is 5.16. The predicted molar refractivity (Wildman–Crippen MR) is 95.8 cm³/mol. The van der Waals surface area contributed by atoms with Gasteiger partial charge >= 0.3 is 0 Å². The minimum absolute atomic E-state index is 0.0395. The molecule has 0 atom stereocenters. The van der Waals surface area contributed by atoms with Crippen LogP contribution in [0.1, 0.15) is 6.92 Å². The molecule has 0 aliphatic rings. The highest BCUT2D eigenvalue weighted by Gasteiger charge is 2.08. The Morgan fingerprint density at radius 3 is 2.60 bits per heavy atom. The largest absolute Gasteiger partial charge is 0.354 e. The number of hydrogen-bond acceptors (Lipinski definition) is 7. The lowest BCUT2D eigenvalue weighted by molar-refractivity contribution is -0.384. The number of nitro benzene ring substituents is 1. The van der Waals surface area contributed by atoms with Crippen LogP contribution < -0.4 is 10.6 Å². The van der Waals surface area contributed by atoms with Gasteiger partial charge in [0, 0.05) is 48.4 Å². The van der Waals surface area contributed by atoms with E-state index < -0.39 is 4.92 Å². The summed E-state index contributed by atoms with van der Waals surface area (Å²) in [5.74, 6) is 1.08. The Balaban J connectivity index is 1.92. The maximum Gasteiger partial charge on any atom is 0.269 e. The third-order valence-corrected chi connectivity index (χ3v) is 3.37. The van der Waals surface area contributed by atoms with E-state index in [1.807, 2.05) is 19.1 Å². The van der Waals surface area contributed by atoms with Crippen LogP contribution in [-0.2, 0) is 0 Å². The van der Waals surface area contributed by atoms with E-state index in [1.165, 1.54) is 12.1 Å². The molecule has 8 heteroatoms. The van der Waals surface area contributed by atoms with Gasteiger partial charge in [0.1, 0.15) is 5.82 Å². The number of nitrogens with one attached hydrogen (secondary N) is 2. The van der Waals surface area contributed by atoms with Crippen LogP contribution in [0.2, 0.25) is 0 Å². The Hall–Kier alpha value is -3.55. The van der Waals surface area contributed by atoms with Gasteiger partial charge in [-0.2, -0.15) is 4.98 Å². The van der Waals surface area contributed by atoms with Crippen molar-refractivity contribution in [3.63, 3.8) is 0 Å². The molecule has 0 saturated carbocycles. The second-order valence-electron chi connectivity index (χ2n) is 5.16. The molecule has 126 valence electrons. The van der Waals surface area contributed by atoms with Crippen LogP contribution in [0, 0.1) is 10.1 Å². The van der Waals surface area contributed by atoms with E-state index in [9.17, 15) is 10.1 Å². The predicted octanol–water partition coefficient (Wildman–Crippen LogP) is 3.62.